The Morgan fingerprint density at radius 3 is 2.97 bits per heavy atom. The van der Waals surface area contributed by atoms with Crippen LogP contribution in [0.5, 0.6) is 5.75 Å². The van der Waals surface area contributed by atoms with Crippen LogP contribution in [-0.2, 0) is 14.3 Å². The molecule has 0 bridgehead atoms. The van der Waals surface area contributed by atoms with Crippen LogP contribution in [0.2, 0.25) is 5.02 Å². The largest absolute Gasteiger partial charge is 0.491 e. The van der Waals surface area contributed by atoms with Gasteiger partial charge >= 0.3 is 5.97 Å². The van der Waals surface area contributed by atoms with E-state index < -0.39 is 11.7 Å². The van der Waals surface area contributed by atoms with Gasteiger partial charge in [0, 0.05) is 30.2 Å². The highest BCUT2D eigenvalue weighted by molar-refractivity contribution is 6.31. The van der Waals surface area contributed by atoms with E-state index in [1.54, 1.807) is 12.1 Å². The zero-order valence-corrected chi connectivity index (χ0v) is 20.3. The van der Waals surface area contributed by atoms with Crippen LogP contribution < -0.4 is 15.4 Å². The molecule has 1 aliphatic rings. The summed E-state index contributed by atoms with van der Waals surface area (Å²) in [6, 6.07) is 7.35. The molecule has 2 heterocycles. The topological polar surface area (TPSA) is 106 Å². The predicted molar refractivity (Wildman–Crippen MR) is 135 cm³/mol. The van der Waals surface area contributed by atoms with Crippen LogP contribution in [0, 0.1) is 5.82 Å². The highest BCUT2D eigenvalue weighted by Gasteiger charge is 2.26. The monoisotopic (exact) mass is 513 g/mol. The Kier molecular flexibility index (Phi) is 7.97. The van der Waals surface area contributed by atoms with Crippen molar-refractivity contribution in [3.63, 3.8) is 0 Å². The maximum Gasteiger partial charge on any atom is 0.323 e. The number of hydrogen-bond donors (Lipinski definition) is 2. The van der Waals surface area contributed by atoms with Gasteiger partial charge in [-0.05, 0) is 43.7 Å². The third kappa shape index (κ3) is 5.89. The number of esters is 1. The standard InChI is InChI=1S/C25H25ClFN5O4/c1-3-23(33)31-21-12-17-20(28-14-29-24(17)30-16-5-6-19(27)18(26)11-16)13-22(21)35-9-4-7-32-8-10-36-25(34)15(32)2/h3,5-6,11-15H,1,4,7-10H2,2H3,(H,31,33)(H,28,29,30)/t15-/m1/s1. The summed E-state index contributed by atoms with van der Waals surface area (Å²) in [7, 11) is 0. The number of hydrogen-bond acceptors (Lipinski definition) is 8. The Balaban J connectivity index is 1.54. The van der Waals surface area contributed by atoms with Crippen molar-refractivity contribution >= 4 is 51.6 Å². The van der Waals surface area contributed by atoms with Gasteiger partial charge in [0.05, 0.1) is 22.8 Å². The molecule has 0 saturated carbocycles. The molecule has 0 radical (unpaired) electrons. The van der Waals surface area contributed by atoms with Crippen molar-refractivity contribution < 1.29 is 23.5 Å². The summed E-state index contributed by atoms with van der Waals surface area (Å²) < 4.78 is 24.6. The number of halogens is 2. The predicted octanol–water partition coefficient (Wildman–Crippen LogP) is 4.31. The molecule has 1 aromatic heterocycles. The van der Waals surface area contributed by atoms with Crippen molar-refractivity contribution in [3.8, 4) is 5.75 Å². The van der Waals surface area contributed by atoms with Crippen LogP contribution in [0.25, 0.3) is 10.9 Å². The Bertz CT molecular complexity index is 1300. The second-order valence-electron chi connectivity index (χ2n) is 8.12. The zero-order chi connectivity index (χ0) is 25.7. The first-order valence-electron chi connectivity index (χ1n) is 11.3. The number of carbonyl (C=O) groups is 2. The molecule has 11 heteroatoms. The second kappa shape index (κ2) is 11.3. The van der Waals surface area contributed by atoms with Gasteiger partial charge in [-0.25, -0.2) is 14.4 Å². The second-order valence-corrected chi connectivity index (χ2v) is 8.52. The number of fused-ring (bicyclic) bond motifs is 1. The number of rotatable bonds is 9. The summed E-state index contributed by atoms with van der Waals surface area (Å²) in [4.78, 5) is 34.5. The van der Waals surface area contributed by atoms with Crippen LogP contribution in [0.15, 0.2) is 49.3 Å². The van der Waals surface area contributed by atoms with Gasteiger partial charge in [0.15, 0.2) is 0 Å². The summed E-state index contributed by atoms with van der Waals surface area (Å²) in [5.41, 5.74) is 1.52. The van der Waals surface area contributed by atoms with Crippen LogP contribution >= 0.6 is 11.6 Å². The van der Waals surface area contributed by atoms with E-state index in [-0.39, 0.29) is 17.0 Å². The van der Waals surface area contributed by atoms with Gasteiger partial charge in [0.25, 0.3) is 0 Å². The molecule has 1 aliphatic heterocycles. The highest BCUT2D eigenvalue weighted by atomic mass is 35.5. The van der Waals surface area contributed by atoms with E-state index in [0.29, 0.717) is 66.6 Å². The number of carbonyl (C=O) groups excluding carboxylic acids is 2. The quantitative estimate of drug-likeness (QED) is 0.248. The molecule has 3 aromatic rings. The number of anilines is 3. The molecule has 1 saturated heterocycles. The number of aromatic nitrogens is 2. The Labute approximate surface area is 212 Å². The minimum Gasteiger partial charge on any atom is -0.491 e. The van der Waals surface area contributed by atoms with Crippen LogP contribution in [0.3, 0.4) is 0 Å². The normalized spacial score (nSPS) is 15.9. The molecule has 1 amide bonds. The molecule has 36 heavy (non-hydrogen) atoms. The summed E-state index contributed by atoms with van der Waals surface area (Å²) in [6.07, 6.45) is 3.21. The van der Waals surface area contributed by atoms with Crippen molar-refractivity contribution in [2.75, 3.05) is 36.9 Å². The molecule has 2 aromatic carbocycles. The number of cyclic esters (lactones) is 1. The van der Waals surface area contributed by atoms with E-state index in [9.17, 15) is 14.0 Å². The first-order chi connectivity index (χ1) is 17.4. The van der Waals surface area contributed by atoms with E-state index in [2.05, 4.69) is 27.2 Å². The maximum atomic E-state index is 13.5. The van der Waals surface area contributed by atoms with E-state index in [0.717, 1.165) is 6.08 Å². The Morgan fingerprint density at radius 1 is 1.36 bits per heavy atom. The van der Waals surface area contributed by atoms with Crippen LogP contribution in [0.4, 0.5) is 21.6 Å². The fraction of sp³-hybridized carbons (Fsp3) is 0.280. The van der Waals surface area contributed by atoms with Crippen molar-refractivity contribution in [2.45, 2.75) is 19.4 Å². The minimum absolute atomic E-state index is 0.0242. The Morgan fingerprint density at radius 2 is 2.19 bits per heavy atom. The molecular formula is C25H25ClFN5O4. The number of nitrogens with zero attached hydrogens (tertiary/aromatic N) is 3. The molecule has 1 atom stereocenters. The number of nitrogens with one attached hydrogen (secondary N) is 2. The van der Waals surface area contributed by atoms with Crippen molar-refractivity contribution in [2.24, 2.45) is 0 Å². The van der Waals surface area contributed by atoms with Crippen molar-refractivity contribution in [1.82, 2.24) is 14.9 Å². The lowest BCUT2D eigenvalue weighted by Crippen LogP contribution is -2.47. The van der Waals surface area contributed by atoms with Crippen molar-refractivity contribution in [3.05, 3.63) is 60.2 Å². The lowest BCUT2D eigenvalue weighted by atomic mass is 10.1. The average Bonchev–Trinajstić information content (AvgIpc) is 2.87. The highest BCUT2D eigenvalue weighted by Crippen LogP contribution is 2.34. The van der Waals surface area contributed by atoms with E-state index >= 15 is 0 Å². The number of morpholine rings is 1. The summed E-state index contributed by atoms with van der Waals surface area (Å²) >= 11 is 5.90. The molecular weight excluding hydrogens is 489 g/mol. The first-order valence-corrected chi connectivity index (χ1v) is 11.7. The first kappa shape index (κ1) is 25.3. The third-order valence-corrected chi connectivity index (χ3v) is 6.01. The van der Waals surface area contributed by atoms with E-state index in [1.165, 1.54) is 24.5 Å². The van der Waals surface area contributed by atoms with Gasteiger partial charge in [0.1, 0.15) is 36.4 Å². The van der Waals surface area contributed by atoms with Crippen LogP contribution in [-0.4, -0.2) is 59.1 Å². The third-order valence-electron chi connectivity index (χ3n) is 5.72. The number of amides is 1. The minimum atomic E-state index is -0.527. The average molecular weight is 514 g/mol. The van der Waals surface area contributed by atoms with Gasteiger partial charge in [-0.15, -0.1) is 0 Å². The fourth-order valence-electron chi connectivity index (χ4n) is 3.78. The molecule has 2 N–H and O–H groups in total. The fourth-order valence-corrected chi connectivity index (χ4v) is 3.96. The van der Waals surface area contributed by atoms with Gasteiger partial charge in [0.2, 0.25) is 5.91 Å². The zero-order valence-electron chi connectivity index (χ0n) is 19.6. The molecule has 9 nitrogen and oxygen atoms in total. The van der Waals surface area contributed by atoms with Crippen molar-refractivity contribution in [1.29, 1.82) is 0 Å². The summed E-state index contributed by atoms with van der Waals surface area (Å²) in [5.74, 6) is -0.289. The molecule has 188 valence electrons. The number of benzene rings is 2. The van der Waals surface area contributed by atoms with Gasteiger partial charge in [-0.1, -0.05) is 18.2 Å². The Hall–Kier alpha value is -3.76. The maximum absolute atomic E-state index is 13.5. The summed E-state index contributed by atoms with van der Waals surface area (Å²) in [6.45, 7) is 7.39. The molecule has 0 spiro atoms. The van der Waals surface area contributed by atoms with Crippen LogP contribution in [0.1, 0.15) is 13.3 Å². The molecule has 4 rings (SSSR count). The van der Waals surface area contributed by atoms with Gasteiger partial charge < -0.3 is 20.1 Å². The lowest BCUT2D eigenvalue weighted by Gasteiger charge is -2.31. The SMILES string of the molecule is C=CC(=O)Nc1cc2c(Nc3ccc(F)c(Cl)c3)ncnc2cc1OCCCN1CCOC(=O)[C@H]1C. The summed E-state index contributed by atoms with van der Waals surface area (Å²) in [5, 5.41) is 6.44. The van der Waals surface area contributed by atoms with Gasteiger partial charge in [-0.3, -0.25) is 14.5 Å². The molecule has 0 aliphatic carbocycles. The van der Waals surface area contributed by atoms with E-state index in [1.807, 2.05) is 11.8 Å². The molecule has 0 unspecified atom stereocenters. The lowest BCUT2D eigenvalue weighted by molar-refractivity contribution is -0.156. The molecule has 1 fully saturated rings. The van der Waals surface area contributed by atoms with E-state index in [4.69, 9.17) is 21.1 Å². The number of ether oxygens (including phenoxy) is 2. The van der Waals surface area contributed by atoms with Gasteiger partial charge in [-0.2, -0.15) is 0 Å². The smallest absolute Gasteiger partial charge is 0.323 e.